The van der Waals surface area contributed by atoms with Gasteiger partial charge in [0.15, 0.2) is 0 Å². The Hall–Kier alpha value is -1.76. The summed E-state index contributed by atoms with van der Waals surface area (Å²) in [6, 6.07) is 4.28. The summed E-state index contributed by atoms with van der Waals surface area (Å²) in [4.78, 5) is 5.49. The lowest BCUT2D eigenvalue weighted by Gasteiger charge is -2.10. The molecule has 0 atom stereocenters. The molecular formula is C16H19N3O2S. The zero-order valence-corrected chi connectivity index (χ0v) is 14.0. The molecule has 22 heavy (non-hydrogen) atoms. The van der Waals surface area contributed by atoms with Gasteiger partial charge in [-0.3, -0.25) is 0 Å². The van der Waals surface area contributed by atoms with Crippen LogP contribution in [-0.4, -0.2) is 26.8 Å². The molecule has 0 amide bonds. The van der Waals surface area contributed by atoms with Crippen molar-refractivity contribution < 1.29 is 9.84 Å². The summed E-state index contributed by atoms with van der Waals surface area (Å²) in [7, 11) is 1.64. The van der Waals surface area contributed by atoms with Gasteiger partial charge in [0, 0.05) is 12.7 Å². The number of rotatable bonds is 4. The summed E-state index contributed by atoms with van der Waals surface area (Å²) in [5.41, 5.74) is 6.18. The minimum atomic E-state index is -0.0978. The topological polar surface area (TPSA) is 59.7 Å². The van der Waals surface area contributed by atoms with Gasteiger partial charge in [-0.1, -0.05) is 29.0 Å². The molecule has 3 rings (SSSR count). The molecule has 2 heterocycles. The van der Waals surface area contributed by atoms with E-state index in [1.807, 2.05) is 0 Å². The number of aromatic nitrogens is 3. The molecule has 0 aliphatic carbocycles. The Morgan fingerprint density at radius 3 is 2.50 bits per heavy atom. The van der Waals surface area contributed by atoms with Gasteiger partial charge in [0.2, 0.25) is 4.96 Å². The summed E-state index contributed by atoms with van der Waals surface area (Å²) in [6.07, 6.45) is 0. The number of aliphatic hydroxyl groups is 1. The molecule has 0 saturated carbocycles. The molecule has 0 unspecified atom stereocenters. The van der Waals surface area contributed by atoms with Gasteiger partial charge in [-0.25, -0.2) is 9.50 Å². The third-order valence-corrected chi connectivity index (χ3v) is 4.55. The molecule has 6 heteroatoms. The summed E-state index contributed by atoms with van der Waals surface area (Å²) < 4.78 is 6.84. The van der Waals surface area contributed by atoms with E-state index in [2.05, 4.69) is 38.0 Å². The highest BCUT2D eigenvalue weighted by molar-refractivity contribution is 7.16. The van der Waals surface area contributed by atoms with Crippen molar-refractivity contribution in [1.29, 1.82) is 0 Å². The number of fused-ring (bicyclic) bond motifs is 1. The maximum Gasteiger partial charge on any atom is 0.213 e. The summed E-state index contributed by atoms with van der Waals surface area (Å²) in [6.45, 7) is 6.60. The molecule has 0 fully saturated rings. The Labute approximate surface area is 133 Å². The number of nitrogens with zero attached hydrogens (tertiary/aromatic N) is 3. The zero-order valence-electron chi connectivity index (χ0n) is 13.2. The Bertz CT molecular complexity index is 812. The molecule has 1 aromatic carbocycles. The monoisotopic (exact) mass is 317 g/mol. The van der Waals surface area contributed by atoms with Crippen molar-refractivity contribution in [2.75, 3.05) is 7.11 Å². The number of methoxy groups -OCH3 is 1. The summed E-state index contributed by atoms with van der Waals surface area (Å²) in [5, 5.41) is 15.1. The standard InChI is InChI=1S/C16H19N3O2S/c1-9-5-10(2)14(11(3)6-9)15-12(7-20)19-16(17-15)22-13(18-19)8-21-4/h5-6,20H,7-8H2,1-4H3. The molecule has 116 valence electrons. The van der Waals surface area contributed by atoms with E-state index in [0.29, 0.717) is 6.61 Å². The van der Waals surface area contributed by atoms with Crippen LogP contribution < -0.4 is 0 Å². The van der Waals surface area contributed by atoms with E-state index in [9.17, 15) is 5.11 Å². The van der Waals surface area contributed by atoms with Gasteiger partial charge in [0.25, 0.3) is 0 Å². The Morgan fingerprint density at radius 1 is 1.23 bits per heavy atom. The van der Waals surface area contributed by atoms with Gasteiger partial charge in [-0.2, -0.15) is 5.10 Å². The molecule has 1 N–H and O–H groups in total. The first-order valence-electron chi connectivity index (χ1n) is 7.10. The molecule has 0 radical (unpaired) electrons. The molecule has 2 aromatic heterocycles. The van der Waals surface area contributed by atoms with Gasteiger partial charge in [-0.05, 0) is 31.9 Å². The van der Waals surface area contributed by atoms with Crippen LogP contribution in [0, 0.1) is 20.8 Å². The normalized spacial score (nSPS) is 11.5. The van der Waals surface area contributed by atoms with E-state index in [0.717, 1.165) is 38.0 Å². The molecule has 0 spiro atoms. The molecule has 0 bridgehead atoms. The zero-order chi connectivity index (χ0) is 15.9. The van der Waals surface area contributed by atoms with Gasteiger partial charge < -0.3 is 9.84 Å². The second-order valence-electron chi connectivity index (χ2n) is 5.46. The van der Waals surface area contributed by atoms with E-state index in [1.165, 1.54) is 16.9 Å². The average molecular weight is 317 g/mol. The first-order valence-corrected chi connectivity index (χ1v) is 7.92. The number of hydrogen-bond acceptors (Lipinski definition) is 5. The maximum absolute atomic E-state index is 9.81. The van der Waals surface area contributed by atoms with Crippen LogP contribution in [-0.2, 0) is 18.0 Å². The van der Waals surface area contributed by atoms with Gasteiger partial charge in [0.1, 0.15) is 5.01 Å². The molecular weight excluding hydrogens is 298 g/mol. The Kier molecular flexibility index (Phi) is 3.99. The quantitative estimate of drug-likeness (QED) is 0.803. The highest BCUT2D eigenvalue weighted by Gasteiger charge is 2.20. The number of hydrogen-bond donors (Lipinski definition) is 1. The summed E-state index contributed by atoms with van der Waals surface area (Å²) in [5.74, 6) is 0. The van der Waals surface area contributed by atoms with E-state index in [1.54, 1.807) is 11.6 Å². The lowest BCUT2D eigenvalue weighted by atomic mass is 9.96. The van der Waals surface area contributed by atoms with Gasteiger partial charge >= 0.3 is 0 Å². The van der Waals surface area contributed by atoms with Crippen molar-refractivity contribution in [2.45, 2.75) is 34.0 Å². The minimum Gasteiger partial charge on any atom is -0.390 e. The average Bonchev–Trinajstić information content (AvgIpc) is 2.94. The largest absolute Gasteiger partial charge is 0.390 e. The lowest BCUT2D eigenvalue weighted by molar-refractivity contribution is 0.183. The number of aryl methyl sites for hydroxylation is 3. The van der Waals surface area contributed by atoms with Gasteiger partial charge in [0.05, 0.1) is 24.6 Å². The van der Waals surface area contributed by atoms with E-state index in [-0.39, 0.29) is 6.61 Å². The van der Waals surface area contributed by atoms with Crippen LogP contribution in [0.2, 0.25) is 0 Å². The highest BCUT2D eigenvalue weighted by Crippen LogP contribution is 2.32. The smallest absolute Gasteiger partial charge is 0.213 e. The van der Waals surface area contributed by atoms with Crippen molar-refractivity contribution in [3.05, 3.63) is 39.5 Å². The second-order valence-corrected chi connectivity index (χ2v) is 6.50. The fourth-order valence-electron chi connectivity index (χ4n) is 2.91. The van der Waals surface area contributed by atoms with Crippen molar-refractivity contribution in [1.82, 2.24) is 14.6 Å². The number of aliphatic hydroxyl groups excluding tert-OH is 1. The van der Waals surface area contributed by atoms with Crippen molar-refractivity contribution >= 4 is 16.3 Å². The Balaban J connectivity index is 2.21. The van der Waals surface area contributed by atoms with Crippen LogP contribution in [0.1, 0.15) is 27.4 Å². The third kappa shape index (κ3) is 2.43. The third-order valence-electron chi connectivity index (χ3n) is 3.67. The molecule has 0 aliphatic rings. The van der Waals surface area contributed by atoms with Gasteiger partial charge in [-0.15, -0.1) is 0 Å². The van der Waals surface area contributed by atoms with Crippen LogP contribution in [0.15, 0.2) is 12.1 Å². The van der Waals surface area contributed by atoms with Crippen molar-refractivity contribution in [3.63, 3.8) is 0 Å². The number of imidazole rings is 1. The molecule has 3 aromatic rings. The number of benzene rings is 1. The van der Waals surface area contributed by atoms with Crippen LogP contribution in [0.4, 0.5) is 0 Å². The first kappa shape index (κ1) is 15.1. The van der Waals surface area contributed by atoms with Crippen molar-refractivity contribution in [3.8, 4) is 11.3 Å². The first-order chi connectivity index (χ1) is 10.5. The van der Waals surface area contributed by atoms with Crippen LogP contribution in [0.3, 0.4) is 0 Å². The van der Waals surface area contributed by atoms with Crippen LogP contribution in [0.25, 0.3) is 16.2 Å². The van der Waals surface area contributed by atoms with E-state index in [4.69, 9.17) is 9.72 Å². The fraction of sp³-hybridized carbons (Fsp3) is 0.375. The molecule has 0 saturated heterocycles. The van der Waals surface area contributed by atoms with Crippen LogP contribution in [0.5, 0.6) is 0 Å². The van der Waals surface area contributed by atoms with Crippen molar-refractivity contribution in [2.24, 2.45) is 0 Å². The highest BCUT2D eigenvalue weighted by atomic mass is 32.1. The van der Waals surface area contributed by atoms with E-state index >= 15 is 0 Å². The predicted octanol–water partition coefficient (Wildman–Crippen LogP) is 3.02. The van der Waals surface area contributed by atoms with E-state index < -0.39 is 0 Å². The molecule has 5 nitrogen and oxygen atoms in total. The number of ether oxygens (including phenoxy) is 1. The minimum absolute atomic E-state index is 0.0978. The molecule has 0 aliphatic heterocycles. The summed E-state index contributed by atoms with van der Waals surface area (Å²) >= 11 is 1.49. The fourth-order valence-corrected chi connectivity index (χ4v) is 3.79. The van der Waals surface area contributed by atoms with Crippen LogP contribution >= 0.6 is 11.3 Å². The lowest BCUT2D eigenvalue weighted by Crippen LogP contribution is -1.99. The Morgan fingerprint density at radius 2 is 1.91 bits per heavy atom. The predicted molar refractivity (Wildman–Crippen MR) is 87.1 cm³/mol. The second kappa shape index (κ2) is 5.79. The SMILES string of the molecule is COCc1nn2c(CO)c(-c3c(C)cc(C)cc3C)nc2s1. The maximum atomic E-state index is 9.81.